The Morgan fingerprint density at radius 1 is 0.953 bits per heavy atom. The lowest BCUT2D eigenvalue weighted by Crippen LogP contribution is -2.40. The summed E-state index contributed by atoms with van der Waals surface area (Å²) in [5.74, 6) is 1.25. The van der Waals surface area contributed by atoms with E-state index in [4.69, 9.17) is 14.2 Å². The number of alkyl halides is 2. The van der Waals surface area contributed by atoms with Gasteiger partial charge in [-0.2, -0.15) is 15.0 Å². The number of benzene rings is 1. The van der Waals surface area contributed by atoms with Gasteiger partial charge in [0, 0.05) is 46.3 Å². The predicted octanol–water partition coefficient (Wildman–Crippen LogP) is 2.90. The van der Waals surface area contributed by atoms with Crippen molar-refractivity contribution in [3.63, 3.8) is 0 Å². The van der Waals surface area contributed by atoms with E-state index in [1.165, 1.54) is 11.7 Å². The van der Waals surface area contributed by atoms with Crippen LogP contribution < -0.4 is 19.9 Å². The molecule has 0 spiro atoms. The lowest BCUT2D eigenvalue weighted by Gasteiger charge is -2.29. The van der Waals surface area contributed by atoms with Crippen molar-refractivity contribution in [3.05, 3.63) is 42.4 Å². The Labute approximate surface area is 247 Å². The summed E-state index contributed by atoms with van der Waals surface area (Å²) in [6, 6.07) is 8.86. The zero-order chi connectivity index (χ0) is 29.8. The van der Waals surface area contributed by atoms with Crippen LogP contribution in [-0.2, 0) is 9.47 Å². The molecule has 13 nitrogen and oxygen atoms in total. The third kappa shape index (κ3) is 6.43. The summed E-state index contributed by atoms with van der Waals surface area (Å²) in [7, 11) is 3.48. The highest BCUT2D eigenvalue weighted by molar-refractivity contribution is 5.84. The maximum atomic E-state index is 14.3. The van der Waals surface area contributed by atoms with E-state index in [2.05, 4.69) is 40.0 Å². The molecule has 0 bridgehead atoms. The minimum Gasteiger partial charge on any atom is -0.494 e. The van der Waals surface area contributed by atoms with E-state index in [0.717, 1.165) is 45.2 Å². The monoisotopic (exact) mass is 596 g/mol. The molecular weight excluding hydrogens is 562 g/mol. The standard InChI is InChI=1S/C28H34F2N10O3/c1-37(8-9-38-10-14-42-15-11-38)22-7-6-19(18-31-22)32-26-34-27(39-12-16-43-17-13-39)36-28(35-26)40-20-4-3-5-21(41-2)23(20)33-25(40)24(29)30/h3-7,18,24H,8-17H2,1-2H3,(H,32,34,35,36). The number of methoxy groups -OCH3 is 1. The molecular formula is C28H34F2N10O3. The van der Waals surface area contributed by atoms with Gasteiger partial charge in [-0.1, -0.05) is 6.07 Å². The number of hydrogen-bond acceptors (Lipinski definition) is 12. The normalized spacial score (nSPS) is 16.2. The Morgan fingerprint density at radius 3 is 2.40 bits per heavy atom. The van der Waals surface area contributed by atoms with Gasteiger partial charge in [0.2, 0.25) is 17.8 Å². The summed E-state index contributed by atoms with van der Waals surface area (Å²) in [5.41, 5.74) is 1.33. The molecule has 2 aliphatic heterocycles. The Hall–Kier alpha value is -4.21. The zero-order valence-corrected chi connectivity index (χ0v) is 24.1. The molecule has 2 fully saturated rings. The summed E-state index contributed by atoms with van der Waals surface area (Å²) in [6.45, 7) is 7.27. The van der Waals surface area contributed by atoms with Crippen molar-refractivity contribution in [1.29, 1.82) is 0 Å². The lowest BCUT2D eigenvalue weighted by molar-refractivity contribution is 0.0392. The van der Waals surface area contributed by atoms with Gasteiger partial charge in [-0.3, -0.25) is 9.47 Å². The van der Waals surface area contributed by atoms with Crippen molar-refractivity contribution in [3.8, 4) is 11.7 Å². The number of nitrogens with one attached hydrogen (secondary N) is 1. The first kappa shape index (κ1) is 28.9. The average molecular weight is 597 g/mol. The highest BCUT2D eigenvalue weighted by Crippen LogP contribution is 2.32. The Bertz CT molecular complexity index is 1530. The minimum atomic E-state index is -2.88. The predicted molar refractivity (Wildman–Crippen MR) is 157 cm³/mol. The number of para-hydroxylation sites is 1. The molecule has 0 amide bonds. The average Bonchev–Trinajstić information content (AvgIpc) is 3.45. The van der Waals surface area contributed by atoms with Crippen LogP contribution in [0.4, 0.5) is 32.2 Å². The van der Waals surface area contributed by atoms with Crippen LogP contribution in [0.2, 0.25) is 0 Å². The third-order valence-corrected chi connectivity index (χ3v) is 7.45. The van der Waals surface area contributed by atoms with Crippen molar-refractivity contribution < 1.29 is 23.0 Å². The molecule has 4 aromatic rings. The number of anilines is 4. The molecule has 15 heteroatoms. The van der Waals surface area contributed by atoms with Crippen molar-refractivity contribution in [2.45, 2.75) is 6.43 Å². The SMILES string of the molecule is COc1cccc2c1nc(C(F)F)n2-c1nc(Nc2ccc(N(C)CCN3CCOCC3)nc2)nc(N2CCOCC2)n1. The summed E-state index contributed by atoms with van der Waals surface area (Å²) >= 11 is 0. The number of hydrogen-bond donors (Lipinski definition) is 1. The molecule has 3 aromatic heterocycles. The molecule has 1 aromatic carbocycles. The van der Waals surface area contributed by atoms with Gasteiger partial charge in [-0.05, 0) is 24.3 Å². The second kappa shape index (κ2) is 13.0. The van der Waals surface area contributed by atoms with Gasteiger partial charge in [-0.15, -0.1) is 0 Å². The summed E-state index contributed by atoms with van der Waals surface area (Å²) in [6.07, 6.45) is -1.19. The second-order valence-corrected chi connectivity index (χ2v) is 10.2. The quantitative estimate of drug-likeness (QED) is 0.290. The summed E-state index contributed by atoms with van der Waals surface area (Å²) in [5, 5.41) is 3.19. The number of pyridine rings is 1. The number of halogens is 2. The summed E-state index contributed by atoms with van der Waals surface area (Å²) in [4.78, 5) is 29.0. The van der Waals surface area contributed by atoms with Gasteiger partial charge in [0.05, 0.1) is 50.9 Å². The van der Waals surface area contributed by atoms with E-state index in [1.54, 1.807) is 24.4 Å². The van der Waals surface area contributed by atoms with E-state index in [-0.39, 0.29) is 11.9 Å². The first-order chi connectivity index (χ1) is 21.0. The maximum Gasteiger partial charge on any atom is 0.296 e. The molecule has 2 saturated heterocycles. The molecule has 0 radical (unpaired) electrons. The fourth-order valence-corrected chi connectivity index (χ4v) is 5.07. The molecule has 43 heavy (non-hydrogen) atoms. The second-order valence-electron chi connectivity index (χ2n) is 10.2. The van der Waals surface area contributed by atoms with Crippen molar-refractivity contribution in [2.75, 3.05) is 95.0 Å². The van der Waals surface area contributed by atoms with Crippen LogP contribution in [0.15, 0.2) is 36.5 Å². The molecule has 1 N–H and O–H groups in total. The lowest BCUT2D eigenvalue weighted by atomic mass is 10.3. The van der Waals surface area contributed by atoms with E-state index >= 15 is 0 Å². The van der Waals surface area contributed by atoms with Crippen LogP contribution in [0, 0.1) is 0 Å². The van der Waals surface area contributed by atoms with Gasteiger partial charge in [0.1, 0.15) is 17.1 Å². The summed E-state index contributed by atoms with van der Waals surface area (Å²) < 4.78 is 46.1. The van der Waals surface area contributed by atoms with Gasteiger partial charge < -0.3 is 29.3 Å². The minimum absolute atomic E-state index is 0.0115. The zero-order valence-electron chi connectivity index (χ0n) is 24.1. The number of ether oxygens (including phenoxy) is 3. The van der Waals surface area contributed by atoms with E-state index < -0.39 is 12.2 Å². The molecule has 2 aliphatic rings. The number of rotatable bonds is 10. The molecule has 0 aliphatic carbocycles. The van der Waals surface area contributed by atoms with Crippen molar-refractivity contribution in [1.82, 2.24) is 34.4 Å². The topological polar surface area (TPSA) is 119 Å². The Morgan fingerprint density at radius 2 is 1.70 bits per heavy atom. The molecule has 0 saturated carbocycles. The van der Waals surface area contributed by atoms with Crippen LogP contribution in [0.5, 0.6) is 5.75 Å². The number of morpholine rings is 2. The number of aromatic nitrogens is 6. The molecule has 5 heterocycles. The molecule has 6 rings (SSSR count). The number of imidazole rings is 1. The van der Waals surface area contributed by atoms with Gasteiger partial charge >= 0.3 is 0 Å². The van der Waals surface area contributed by atoms with E-state index in [9.17, 15) is 8.78 Å². The highest BCUT2D eigenvalue weighted by Gasteiger charge is 2.26. The van der Waals surface area contributed by atoms with Crippen LogP contribution in [0.3, 0.4) is 0 Å². The van der Waals surface area contributed by atoms with Crippen molar-refractivity contribution in [2.24, 2.45) is 0 Å². The Kier molecular flexibility index (Phi) is 8.72. The number of likely N-dealkylation sites (N-methyl/N-ethyl adjacent to an activating group) is 1. The van der Waals surface area contributed by atoms with E-state index in [0.29, 0.717) is 54.7 Å². The first-order valence-corrected chi connectivity index (χ1v) is 14.2. The largest absolute Gasteiger partial charge is 0.494 e. The van der Waals surface area contributed by atoms with Crippen LogP contribution >= 0.6 is 0 Å². The van der Waals surface area contributed by atoms with E-state index in [1.807, 2.05) is 24.1 Å². The third-order valence-electron chi connectivity index (χ3n) is 7.45. The van der Waals surface area contributed by atoms with Crippen molar-refractivity contribution >= 4 is 34.4 Å². The smallest absolute Gasteiger partial charge is 0.296 e. The number of nitrogens with zero attached hydrogens (tertiary/aromatic N) is 9. The maximum absolute atomic E-state index is 14.3. The van der Waals surface area contributed by atoms with Crippen LogP contribution in [0.1, 0.15) is 12.2 Å². The van der Waals surface area contributed by atoms with Gasteiger partial charge in [0.15, 0.2) is 5.82 Å². The first-order valence-electron chi connectivity index (χ1n) is 14.2. The fraction of sp³-hybridized carbons (Fsp3) is 0.464. The van der Waals surface area contributed by atoms with Gasteiger partial charge in [-0.25, -0.2) is 18.7 Å². The molecule has 0 unspecified atom stereocenters. The molecule has 0 atom stereocenters. The van der Waals surface area contributed by atoms with Crippen LogP contribution in [-0.4, -0.2) is 114 Å². The Balaban J connectivity index is 1.30. The number of fused-ring (bicyclic) bond motifs is 1. The highest BCUT2D eigenvalue weighted by atomic mass is 19.3. The van der Waals surface area contributed by atoms with Crippen LogP contribution in [0.25, 0.3) is 17.0 Å². The fourth-order valence-electron chi connectivity index (χ4n) is 5.07. The van der Waals surface area contributed by atoms with Gasteiger partial charge in [0.25, 0.3) is 6.43 Å². The molecule has 228 valence electrons.